The highest BCUT2D eigenvalue weighted by molar-refractivity contribution is 5.85. The Bertz CT molecular complexity index is 1280. The van der Waals surface area contributed by atoms with E-state index in [1.165, 1.54) is 70.6 Å². The van der Waals surface area contributed by atoms with Crippen LogP contribution in [0.15, 0.2) is 0 Å². The highest BCUT2D eigenvalue weighted by atomic mass is 16.5. The monoisotopic (exact) mass is 959 g/mol. The van der Waals surface area contributed by atoms with Crippen molar-refractivity contribution in [3.63, 3.8) is 0 Å². The molecule has 67 heavy (non-hydrogen) atoms. The van der Waals surface area contributed by atoms with Crippen LogP contribution in [-0.2, 0) is 52.5 Å². The molecule has 0 aromatic heterocycles. The molecule has 0 spiro atoms. The molecule has 0 fully saturated rings. The quantitative estimate of drug-likeness (QED) is 0.0390. The first-order chi connectivity index (χ1) is 32.5. The zero-order valence-corrected chi connectivity index (χ0v) is 41.0. The molecule has 19 heteroatoms. The van der Waals surface area contributed by atoms with Gasteiger partial charge in [-0.3, -0.25) is 28.8 Å². The summed E-state index contributed by atoms with van der Waals surface area (Å²) in [6.45, 7) is 6.19. The van der Waals surface area contributed by atoms with Crippen LogP contribution in [0.4, 0.5) is 0 Å². The van der Waals surface area contributed by atoms with Gasteiger partial charge in [0.15, 0.2) is 0 Å². The van der Waals surface area contributed by atoms with Crippen LogP contribution in [0.25, 0.3) is 0 Å². The highest BCUT2D eigenvalue weighted by Gasteiger charge is 2.21. The molecule has 0 aromatic carbocycles. The molecule has 0 saturated carbocycles. The fraction of sp³-hybridized carbons (Fsp3) is 0.854. The smallest absolute Gasteiger partial charge is 0.326 e. The fourth-order valence-electron chi connectivity index (χ4n) is 6.78. The number of hydrogen-bond donors (Lipinski definition) is 8. The van der Waals surface area contributed by atoms with E-state index in [1.807, 2.05) is 0 Å². The fourth-order valence-corrected chi connectivity index (χ4v) is 6.78. The molecule has 1 unspecified atom stereocenters. The minimum Gasteiger partial charge on any atom is -0.481 e. The summed E-state index contributed by atoms with van der Waals surface area (Å²) in [6.07, 6.45) is 23.5. The SMILES string of the molecule is CCCCCNC(=O)CCCNC(=O)CCC(NC(=O)COCCOCCNC(=O)COCCOCCNC(=O)CCCNCCCCCCCCCCCCCCCCCC(=O)O)C(=O)O. The number of hydrogen-bond acceptors (Lipinski definition) is 12. The second-order valence-corrected chi connectivity index (χ2v) is 16.8. The van der Waals surface area contributed by atoms with E-state index in [0.29, 0.717) is 39.0 Å². The predicted octanol–water partition coefficient (Wildman–Crippen LogP) is 4.53. The Morgan fingerprint density at radius 2 is 0.791 bits per heavy atom. The molecule has 0 aromatic rings. The van der Waals surface area contributed by atoms with E-state index in [4.69, 9.17) is 24.1 Å². The van der Waals surface area contributed by atoms with Crippen molar-refractivity contribution in [2.45, 2.75) is 173 Å². The third-order valence-corrected chi connectivity index (χ3v) is 10.6. The molecular formula is C48H90N6O13. The number of carbonyl (C=O) groups excluding carboxylic acids is 5. The topological polar surface area (TPSA) is 269 Å². The van der Waals surface area contributed by atoms with Gasteiger partial charge in [0.2, 0.25) is 29.5 Å². The third kappa shape index (κ3) is 48.4. The van der Waals surface area contributed by atoms with E-state index in [0.717, 1.165) is 64.5 Å². The Kier molecular flexibility index (Phi) is 45.7. The third-order valence-electron chi connectivity index (χ3n) is 10.6. The number of ether oxygens (including phenoxy) is 4. The Morgan fingerprint density at radius 3 is 1.31 bits per heavy atom. The van der Waals surface area contributed by atoms with Crippen molar-refractivity contribution < 1.29 is 62.7 Å². The molecular weight excluding hydrogens is 869 g/mol. The van der Waals surface area contributed by atoms with Crippen LogP contribution < -0.4 is 31.9 Å². The lowest BCUT2D eigenvalue weighted by molar-refractivity contribution is -0.143. The predicted molar refractivity (Wildman–Crippen MR) is 256 cm³/mol. The van der Waals surface area contributed by atoms with Crippen LogP contribution in [0.1, 0.15) is 167 Å². The van der Waals surface area contributed by atoms with Crippen molar-refractivity contribution in [3.8, 4) is 0 Å². The number of nitrogens with one attached hydrogen (secondary N) is 6. The van der Waals surface area contributed by atoms with Crippen molar-refractivity contribution in [1.29, 1.82) is 0 Å². The van der Waals surface area contributed by atoms with Gasteiger partial charge in [0.1, 0.15) is 19.3 Å². The maximum atomic E-state index is 12.2. The molecule has 0 aliphatic heterocycles. The molecule has 19 nitrogen and oxygen atoms in total. The number of rotatable bonds is 51. The van der Waals surface area contributed by atoms with E-state index in [2.05, 4.69) is 38.8 Å². The van der Waals surface area contributed by atoms with E-state index < -0.39 is 30.5 Å². The lowest BCUT2D eigenvalue weighted by Crippen LogP contribution is -2.43. The van der Waals surface area contributed by atoms with Crippen molar-refractivity contribution >= 4 is 41.5 Å². The number of amides is 5. The summed E-state index contributed by atoms with van der Waals surface area (Å²) >= 11 is 0. The van der Waals surface area contributed by atoms with Gasteiger partial charge in [-0.15, -0.1) is 0 Å². The Hall–Kier alpha value is -3.91. The average molecular weight is 959 g/mol. The van der Waals surface area contributed by atoms with Gasteiger partial charge < -0.3 is 61.1 Å². The molecule has 0 heterocycles. The summed E-state index contributed by atoms with van der Waals surface area (Å²) in [6, 6.07) is -1.26. The second-order valence-electron chi connectivity index (χ2n) is 16.8. The van der Waals surface area contributed by atoms with E-state index in [-0.39, 0.29) is 95.6 Å². The van der Waals surface area contributed by atoms with E-state index >= 15 is 0 Å². The molecule has 0 saturated heterocycles. The molecule has 0 rings (SSSR count). The first-order valence-electron chi connectivity index (χ1n) is 25.4. The van der Waals surface area contributed by atoms with Crippen LogP contribution in [0.5, 0.6) is 0 Å². The number of aliphatic carboxylic acids is 2. The molecule has 5 amide bonds. The van der Waals surface area contributed by atoms with Gasteiger partial charge in [-0.2, -0.15) is 0 Å². The number of unbranched alkanes of at least 4 members (excludes halogenated alkanes) is 16. The van der Waals surface area contributed by atoms with Gasteiger partial charge in [-0.25, -0.2) is 4.79 Å². The minimum atomic E-state index is -1.27. The van der Waals surface area contributed by atoms with Gasteiger partial charge in [-0.05, 0) is 51.6 Å². The van der Waals surface area contributed by atoms with Crippen LogP contribution >= 0.6 is 0 Å². The molecule has 8 N–H and O–H groups in total. The summed E-state index contributed by atoms with van der Waals surface area (Å²) < 4.78 is 21.4. The summed E-state index contributed by atoms with van der Waals surface area (Å²) in [5, 5.41) is 34.9. The standard InChI is InChI=1S/C48H90N6O13/c1-2-3-18-29-50-42(55)23-21-30-51-44(57)26-25-41(48(62)63)54-46(59)40-67-38-36-65-34-32-53-45(58)39-66-37-35-64-33-31-52-43(56)22-20-28-49-27-19-16-14-12-10-8-6-4-5-7-9-11-13-15-17-24-47(60)61/h41,49H,2-40H2,1H3,(H,50,55)(H,51,57)(H,52,56)(H,53,58)(H,54,59)(H,60,61)(H,62,63). The molecule has 0 radical (unpaired) electrons. The lowest BCUT2D eigenvalue weighted by Gasteiger charge is -2.14. The highest BCUT2D eigenvalue weighted by Crippen LogP contribution is 2.14. The summed E-state index contributed by atoms with van der Waals surface area (Å²) in [5.74, 6) is -3.37. The Balaban J connectivity index is 3.53. The maximum absolute atomic E-state index is 12.2. The molecule has 1 atom stereocenters. The number of carbonyl (C=O) groups is 7. The van der Waals surface area contributed by atoms with Crippen molar-refractivity contribution in [3.05, 3.63) is 0 Å². The van der Waals surface area contributed by atoms with Crippen LogP contribution in [0, 0.1) is 0 Å². The minimum absolute atomic E-state index is 0.00521. The van der Waals surface area contributed by atoms with Crippen LogP contribution in [-0.4, -0.2) is 150 Å². The number of carboxylic acid groups (broad SMARTS) is 2. The van der Waals surface area contributed by atoms with Gasteiger partial charge in [0, 0.05) is 51.9 Å². The van der Waals surface area contributed by atoms with Crippen molar-refractivity contribution in [2.75, 3.05) is 92.1 Å². The van der Waals surface area contributed by atoms with Gasteiger partial charge in [-0.1, -0.05) is 103 Å². The summed E-state index contributed by atoms with van der Waals surface area (Å²) in [5.41, 5.74) is 0. The number of carboxylic acids is 2. The average Bonchev–Trinajstić information content (AvgIpc) is 3.30. The van der Waals surface area contributed by atoms with Gasteiger partial charge >= 0.3 is 11.9 Å². The first kappa shape index (κ1) is 63.1. The zero-order valence-electron chi connectivity index (χ0n) is 41.0. The molecule has 390 valence electrons. The molecule has 0 aliphatic rings. The largest absolute Gasteiger partial charge is 0.481 e. The van der Waals surface area contributed by atoms with E-state index in [9.17, 15) is 38.7 Å². The summed E-state index contributed by atoms with van der Waals surface area (Å²) in [7, 11) is 0. The molecule has 0 aliphatic carbocycles. The summed E-state index contributed by atoms with van der Waals surface area (Å²) in [4.78, 5) is 82.2. The zero-order chi connectivity index (χ0) is 49.3. The van der Waals surface area contributed by atoms with Gasteiger partial charge in [0.25, 0.3) is 0 Å². The van der Waals surface area contributed by atoms with Crippen molar-refractivity contribution in [1.82, 2.24) is 31.9 Å². The van der Waals surface area contributed by atoms with Crippen LogP contribution in [0.3, 0.4) is 0 Å². The first-order valence-corrected chi connectivity index (χ1v) is 25.4. The van der Waals surface area contributed by atoms with Gasteiger partial charge in [0.05, 0.1) is 39.6 Å². The van der Waals surface area contributed by atoms with Crippen LogP contribution in [0.2, 0.25) is 0 Å². The van der Waals surface area contributed by atoms with Crippen molar-refractivity contribution in [2.24, 2.45) is 0 Å². The Morgan fingerprint density at radius 1 is 0.388 bits per heavy atom. The lowest BCUT2D eigenvalue weighted by atomic mass is 10.0. The normalized spacial score (nSPS) is 11.5. The molecule has 0 bridgehead atoms. The van der Waals surface area contributed by atoms with E-state index in [1.54, 1.807) is 0 Å². The second kappa shape index (κ2) is 48.5. The Labute approximate surface area is 400 Å². The maximum Gasteiger partial charge on any atom is 0.326 e.